The second kappa shape index (κ2) is 7.24. The Kier molecular flexibility index (Phi) is 7.07. The lowest BCUT2D eigenvalue weighted by Gasteiger charge is -2.25. The first-order valence-corrected chi connectivity index (χ1v) is 7.53. The van der Waals surface area contributed by atoms with Gasteiger partial charge in [0.1, 0.15) is 5.60 Å². The van der Waals surface area contributed by atoms with Crippen LogP contribution in [0.5, 0.6) is 0 Å². The minimum Gasteiger partial charge on any atom is -0.444 e. The predicted octanol–water partition coefficient (Wildman–Crippen LogP) is 2.63. The zero-order chi connectivity index (χ0) is 14.4. The third-order valence-corrected chi connectivity index (χ3v) is 3.63. The van der Waals surface area contributed by atoms with E-state index in [9.17, 15) is 4.79 Å². The number of carbonyl (C=O) groups excluding carboxylic acids is 1. The fourth-order valence-corrected chi connectivity index (χ4v) is 1.34. The van der Waals surface area contributed by atoms with E-state index in [4.69, 9.17) is 4.74 Å². The molecule has 0 heterocycles. The highest BCUT2D eigenvalue weighted by atomic mass is 32.2. The van der Waals surface area contributed by atoms with Gasteiger partial charge >= 0.3 is 6.09 Å². The van der Waals surface area contributed by atoms with E-state index in [1.54, 1.807) is 0 Å². The van der Waals surface area contributed by atoms with Gasteiger partial charge in [-0.05, 0) is 47.8 Å². The Hall–Kier alpha value is -0.420. The standard InChI is InChI=1S/C13H28N2O2S/c1-10(15-9-13(5,6)18-7)8-14-11(16)17-12(2,3)4/h10,15H,8-9H2,1-7H3,(H,14,16). The van der Waals surface area contributed by atoms with Gasteiger partial charge in [0, 0.05) is 23.9 Å². The molecule has 18 heavy (non-hydrogen) atoms. The van der Waals surface area contributed by atoms with Crippen LogP contribution in [0.15, 0.2) is 0 Å². The maximum atomic E-state index is 11.5. The molecule has 2 N–H and O–H groups in total. The van der Waals surface area contributed by atoms with Gasteiger partial charge < -0.3 is 15.4 Å². The van der Waals surface area contributed by atoms with E-state index in [1.807, 2.05) is 39.5 Å². The van der Waals surface area contributed by atoms with Crippen molar-refractivity contribution in [1.82, 2.24) is 10.6 Å². The number of alkyl carbamates (subject to hydrolysis) is 1. The van der Waals surface area contributed by atoms with Crippen molar-refractivity contribution in [2.75, 3.05) is 19.3 Å². The van der Waals surface area contributed by atoms with Crippen LogP contribution in [-0.4, -0.2) is 41.8 Å². The van der Waals surface area contributed by atoms with Gasteiger partial charge in [-0.25, -0.2) is 4.79 Å². The van der Waals surface area contributed by atoms with Gasteiger partial charge in [-0.3, -0.25) is 0 Å². The fourth-order valence-electron chi connectivity index (χ4n) is 1.11. The number of thioether (sulfide) groups is 1. The molecule has 0 aliphatic carbocycles. The summed E-state index contributed by atoms with van der Waals surface area (Å²) in [6, 6.07) is 0.226. The van der Waals surface area contributed by atoms with Crippen molar-refractivity contribution in [3.63, 3.8) is 0 Å². The van der Waals surface area contributed by atoms with E-state index in [0.29, 0.717) is 6.54 Å². The first-order chi connectivity index (χ1) is 8.06. The third-order valence-electron chi connectivity index (χ3n) is 2.38. The Bertz CT molecular complexity index is 262. The quantitative estimate of drug-likeness (QED) is 0.783. The SMILES string of the molecule is CSC(C)(C)CNC(C)CNC(=O)OC(C)(C)C. The molecule has 0 aliphatic rings. The fraction of sp³-hybridized carbons (Fsp3) is 0.923. The third kappa shape index (κ3) is 9.59. The van der Waals surface area contributed by atoms with Crippen molar-refractivity contribution < 1.29 is 9.53 Å². The molecule has 0 fully saturated rings. The molecule has 1 atom stereocenters. The smallest absolute Gasteiger partial charge is 0.407 e. The topological polar surface area (TPSA) is 50.4 Å². The molecule has 0 radical (unpaired) electrons. The summed E-state index contributed by atoms with van der Waals surface area (Å²) in [4.78, 5) is 11.5. The zero-order valence-electron chi connectivity index (χ0n) is 12.7. The molecule has 0 aromatic heterocycles. The van der Waals surface area contributed by atoms with Crippen LogP contribution in [0.25, 0.3) is 0 Å². The lowest BCUT2D eigenvalue weighted by atomic mass is 10.2. The summed E-state index contributed by atoms with van der Waals surface area (Å²) in [6.45, 7) is 13.5. The molecule has 4 nitrogen and oxygen atoms in total. The van der Waals surface area contributed by atoms with Gasteiger partial charge in [0.25, 0.3) is 0 Å². The lowest BCUT2D eigenvalue weighted by molar-refractivity contribution is 0.0523. The molecule has 5 heteroatoms. The summed E-state index contributed by atoms with van der Waals surface area (Å²) in [5.41, 5.74) is -0.443. The van der Waals surface area contributed by atoms with E-state index >= 15 is 0 Å². The first kappa shape index (κ1) is 17.6. The van der Waals surface area contributed by atoms with Crippen molar-refractivity contribution in [3.05, 3.63) is 0 Å². The monoisotopic (exact) mass is 276 g/mol. The zero-order valence-corrected chi connectivity index (χ0v) is 13.5. The molecule has 0 aromatic rings. The number of amides is 1. The Morgan fingerprint density at radius 2 is 1.83 bits per heavy atom. The summed E-state index contributed by atoms with van der Waals surface area (Å²) < 4.78 is 5.38. The van der Waals surface area contributed by atoms with Gasteiger partial charge in [-0.15, -0.1) is 0 Å². The Labute approximate surface area is 116 Å². The van der Waals surface area contributed by atoms with Crippen LogP contribution in [0, 0.1) is 0 Å². The molecule has 0 saturated carbocycles. The summed E-state index contributed by atoms with van der Waals surface area (Å²) in [5, 5.41) is 6.16. The van der Waals surface area contributed by atoms with Crippen LogP contribution >= 0.6 is 11.8 Å². The molecule has 0 aromatic carbocycles. The molecule has 1 unspecified atom stereocenters. The minimum atomic E-state index is -0.443. The molecular weight excluding hydrogens is 248 g/mol. The molecule has 0 bridgehead atoms. The first-order valence-electron chi connectivity index (χ1n) is 6.31. The Morgan fingerprint density at radius 1 is 1.28 bits per heavy atom. The molecule has 0 aliphatic heterocycles. The summed E-state index contributed by atoms with van der Waals surface area (Å²) >= 11 is 1.83. The summed E-state index contributed by atoms with van der Waals surface area (Å²) in [7, 11) is 0. The van der Waals surface area contributed by atoms with E-state index in [-0.39, 0.29) is 16.9 Å². The highest BCUT2D eigenvalue weighted by Gasteiger charge is 2.18. The molecule has 0 spiro atoms. The van der Waals surface area contributed by atoms with Crippen LogP contribution in [-0.2, 0) is 4.74 Å². The van der Waals surface area contributed by atoms with Gasteiger partial charge in [-0.2, -0.15) is 11.8 Å². The van der Waals surface area contributed by atoms with E-state index in [2.05, 4.69) is 30.7 Å². The van der Waals surface area contributed by atoms with E-state index < -0.39 is 5.60 Å². The summed E-state index contributed by atoms with van der Waals surface area (Å²) in [6.07, 6.45) is 1.74. The van der Waals surface area contributed by atoms with E-state index in [0.717, 1.165) is 6.54 Å². The van der Waals surface area contributed by atoms with Crippen LogP contribution < -0.4 is 10.6 Å². The second-order valence-electron chi connectivity index (χ2n) is 6.13. The highest BCUT2D eigenvalue weighted by molar-refractivity contribution is 7.99. The Balaban J connectivity index is 3.84. The number of rotatable bonds is 6. The average molecular weight is 276 g/mol. The van der Waals surface area contributed by atoms with Gasteiger partial charge in [0.15, 0.2) is 0 Å². The second-order valence-corrected chi connectivity index (χ2v) is 7.64. The number of hydrogen-bond acceptors (Lipinski definition) is 4. The maximum absolute atomic E-state index is 11.5. The molecule has 1 amide bonds. The average Bonchev–Trinajstić information content (AvgIpc) is 2.21. The van der Waals surface area contributed by atoms with Gasteiger partial charge in [0.05, 0.1) is 0 Å². The normalized spacial score (nSPS) is 14.2. The predicted molar refractivity (Wildman–Crippen MR) is 79.3 cm³/mol. The highest BCUT2D eigenvalue weighted by Crippen LogP contribution is 2.19. The van der Waals surface area contributed by atoms with Crippen LogP contribution in [0.3, 0.4) is 0 Å². The maximum Gasteiger partial charge on any atom is 0.407 e. The van der Waals surface area contributed by atoms with Crippen LogP contribution in [0.4, 0.5) is 4.79 Å². The number of nitrogens with one attached hydrogen (secondary N) is 2. The van der Waals surface area contributed by atoms with Crippen molar-refractivity contribution in [1.29, 1.82) is 0 Å². The molecular formula is C13H28N2O2S. The summed E-state index contributed by atoms with van der Waals surface area (Å²) in [5.74, 6) is 0. The van der Waals surface area contributed by atoms with Gasteiger partial charge in [-0.1, -0.05) is 0 Å². The van der Waals surface area contributed by atoms with Crippen molar-refractivity contribution in [3.8, 4) is 0 Å². The molecule has 0 saturated heterocycles. The van der Waals surface area contributed by atoms with Crippen molar-refractivity contribution in [2.24, 2.45) is 0 Å². The minimum absolute atomic E-state index is 0.209. The number of hydrogen-bond donors (Lipinski definition) is 2. The number of ether oxygens (including phenoxy) is 1. The van der Waals surface area contributed by atoms with Crippen LogP contribution in [0.1, 0.15) is 41.5 Å². The molecule has 0 rings (SSSR count). The van der Waals surface area contributed by atoms with Gasteiger partial charge in [0.2, 0.25) is 0 Å². The van der Waals surface area contributed by atoms with E-state index in [1.165, 1.54) is 0 Å². The largest absolute Gasteiger partial charge is 0.444 e. The Morgan fingerprint density at radius 3 is 2.28 bits per heavy atom. The lowest BCUT2D eigenvalue weighted by Crippen LogP contribution is -2.44. The van der Waals surface area contributed by atoms with Crippen LogP contribution in [0.2, 0.25) is 0 Å². The van der Waals surface area contributed by atoms with Crippen molar-refractivity contribution in [2.45, 2.75) is 57.9 Å². The number of carbonyl (C=O) groups is 1. The van der Waals surface area contributed by atoms with Crippen molar-refractivity contribution >= 4 is 17.9 Å². The molecule has 108 valence electrons.